The van der Waals surface area contributed by atoms with Crippen molar-refractivity contribution in [3.8, 4) is 6.07 Å². The van der Waals surface area contributed by atoms with Crippen LogP contribution in [0.5, 0.6) is 0 Å². The first-order valence-corrected chi connectivity index (χ1v) is 7.67. The van der Waals surface area contributed by atoms with Crippen molar-refractivity contribution < 1.29 is 9.84 Å². The summed E-state index contributed by atoms with van der Waals surface area (Å²) in [4.78, 5) is 13.2. The highest BCUT2D eigenvalue weighted by Crippen LogP contribution is 2.10. The van der Waals surface area contributed by atoms with Gasteiger partial charge in [-0.25, -0.2) is 4.68 Å². The fraction of sp³-hybridized carbons (Fsp3) is 0.400. The van der Waals surface area contributed by atoms with Gasteiger partial charge in [0.2, 0.25) is 0 Å². The van der Waals surface area contributed by atoms with Crippen molar-refractivity contribution >= 4 is 11.3 Å². The minimum Gasteiger partial charge on any atom is -0.389 e. The second-order valence-electron chi connectivity index (χ2n) is 4.93. The first-order valence-electron chi connectivity index (χ1n) is 6.79. The number of ether oxygens (including phenoxy) is 1. The Morgan fingerprint density at radius 2 is 2.32 bits per heavy atom. The maximum atomic E-state index is 12.1. The molecule has 0 saturated carbocycles. The summed E-state index contributed by atoms with van der Waals surface area (Å²) in [5.74, 6) is 0. The number of hydrogen-bond acceptors (Lipinski definition) is 6. The summed E-state index contributed by atoms with van der Waals surface area (Å²) in [5.41, 5.74) is 0.761. The summed E-state index contributed by atoms with van der Waals surface area (Å²) in [6.07, 6.45) is -0.862. The molecule has 0 aliphatic carbocycles. The lowest BCUT2D eigenvalue weighted by Gasteiger charge is -2.13. The van der Waals surface area contributed by atoms with Gasteiger partial charge in [-0.2, -0.15) is 10.4 Å². The third-order valence-electron chi connectivity index (χ3n) is 3.27. The van der Waals surface area contributed by atoms with Gasteiger partial charge in [0.15, 0.2) is 0 Å². The van der Waals surface area contributed by atoms with Gasteiger partial charge >= 0.3 is 0 Å². The Balaban J connectivity index is 2.00. The largest absolute Gasteiger partial charge is 0.389 e. The molecule has 0 aliphatic rings. The van der Waals surface area contributed by atoms with Crippen LogP contribution < -0.4 is 5.56 Å². The van der Waals surface area contributed by atoms with Crippen LogP contribution in [0.15, 0.2) is 22.3 Å². The number of nitriles is 1. The van der Waals surface area contributed by atoms with E-state index in [-0.39, 0.29) is 18.7 Å². The molecular formula is C15H17N3O3S. The summed E-state index contributed by atoms with van der Waals surface area (Å²) in [7, 11) is 0. The van der Waals surface area contributed by atoms with Crippen LogP contribution in [0.4, 0.5) is 0 Å². The molecule has 0 aliphatic heterocycles. The zero-order chi connectivity index (χ0) is 16.1. The van der Waals surface area contributed by atoms with Crippen LogP contribution in [0.25, 0.3) is 0 Å². The molecule has 0 saturated heterocycles. The average Bonchev–Trinajstić information content (AvgIpc) is 2.99. The van der Waals surface area contributed by atoms with Gasteiger partial charge in [-0.05, 0) is 30.9 Å². The first kappa shape index (κ1) is 16.4. The maximum absolute atomic E-state index is 12.1. The lowest BCUT2D eigenvalue weighted by Crippen LogP contribution is -2.33. The first-order chi connectivity index (χ1) is 10.5. The highest BCUT2D eigenvalue weighted by molar-refractivity contribution is 7.09. The summed E-state index contributed by atoms with van der Waals surface area (Å²) < 4.78 is 6.54. The predicted octanol–water partition coefficient (Wildman–Crippen LogP) is 1.37. The van der Waals surface area contributed by atoms with Gasteiger partial charge < -0.3 is 9.84 Å². The highest BCUT2D eigenvalue weighted by atomic mass is 32.1. The Kier molecular flexibility index (Phi) is 5.44. The maximum Gasteiger partial charge on any atom is 0.285 e. The van der Waals surface area contributed by atoms with Gasteiger partial charge in [-0.15, -0.1) is 11.3 Å². The van der Waals surface area contributed by atoms with Crippen LogP contribution in [-0.2, 0) is 17.9 Å². The van der Waals surface area contributed by atoms with E-state index >= 15 is 0 Å². The molecule has 0 bridgehead atoms. The van der Waals surface area contributed by atoms with Crippen molar-refractivity contribution in [3.05, 3.63) is 49.6 Å². The monoisotopic (exact) mass is 319 g/mol. The standard InChI is InChI=1S/C15H17N3O3S/c1-10-11(2)17-18(15(20)14(10)6-16)7-12(19)8-21-9-13-4-3-5-22-13/h3-5,12,19H,7-9H2,1-2H3/t12-/m1/s1. The molecule has 0 aromatic carbocycles. The van der Waals surface area contributed by atoms with Gasteiger partial charge in [0.05, 0.1) is 31.6 Å². The molecule has 1 atom stereocenters. The van der Waals surface area contributed by atoms with E-state index in [1.165, 1.54) is 0 Å². The van der Waals surface area contributed by atoms with Crippen molar-refractivity contribution in [3.63, 3.8) is 0 Å². The summed E-state index contributed by atoms with van der Waals surface area (Å²) in [6, 6.07) is 5.78. The Morgan fingerprint density at radius 3 is 2.95 bits per heavy atom. The van der Waals surface area contributed by atoms with Gasteiger partial charge in [-0.1, -0.05) is 6.07 Å². The van der Waals surface area contributed by atoms with E-state index in [9.17, 15) is 9.90 Å². The fourth-order valence-corrected chi connectivity index (χ4v) is 2.61. The molecule has 116 valence electrons. The van der Waals surface area contributed by atoms with Gasteiger partial charge in [0.1, 0.15) is 11.6 Å². The van der Waals surface area contributed by atoms with Crippen molar-refractivity contribution in [2.24, 2.45) is 0 Å². The number of aliphatic hydroxyl groups is 1. The van der Waals surface area contributed by atoms with E-state index in [0.717, 1.165) is 9.56 Å². The topological polar surface area (TPSA) is 88.1 Å². The quantitative estimate of drug-likeness (QED) is 0.869. The SMILES string of the molecule is Cc1nn(C[C@@H](O)COCc2cccs2)c(=O)c(C#N)c1C. The number of aromatic nitrogens is 2. The highest BCUT2D eigenvalue weighted by Gasteiger charge is 2.14. The van der Waals surface area contributed by atoms with E-state index < -0.39 is 11.7 Å². The minimum atomic E-state index is -0.862. The molecule has 0 spiro atoms. The van der Waals surface area contributed by atoms with E-state index in [2.05, 4.69) is 5.10 Å². The van der Waals surface area contributed by atoms with E-state index in [1.54, 1.807) is 25.2 Å². The zero-order valence-corrected chi connectivity index (χ0v) is 13.3. The molecule has 2 aromatic heterocycles. The van der Waals surface area contributed by atoms with Gasteiger partial charge in [0.25, 0.3) is 5.56 Å². The van der Waals surface area contributed by atoms with Crippen molar-refractivity contribution in [1.29, 1.82) is 5.26 Å². The fourth-order valence-electron chi connectivity index (χ4n) is 1.97. The molecule has 1 N–H and O–H groups in total. The number of hydrogen-bond donors (Lipinski definition) is 1. The number of thiophene rings is 1. The Labute approximate surface area is 132 Å². The summed E-state index contributed by atoms with van der Waals surface area (Å²) >= 11 is 1.58. The average molecular weight is 319 g/mol. The molecule has 2 heterocycles. The molecular weight excluding hydrogens is 302 g/mol. The lowest BCUT2D eigenvalue weighted by molar-refractivity contribution is 0.0188. The van der Waals surface area contributed by atoms with E-state index in [0.29, 0.717) is 17.9 Å². The Morgan fingerprint density at radius 1 is 1.55 bits per heavy atom. The van der Waals surface area contributed by atoms with Crippen molar-refractivity contribution in [2.75, 3.05) is 6.61 Å². The van der Waals surface area contributed by atoms with E-state index in [1.807, 2.05) is 23.6 Å². The summed E-state index contributed by atoms with van der Waals surface area (Å²) in [6.45, 7) is 3.94. The smallest absolute Gasteiger partial charge is 0.285 e. The molecule has 7 heteroatoms. The predicted molar refractivity (Wildman–Crippen MR) is 82.7 cm³/mol. The lowest BCUT2D eigenvalue weighted by atomic mass is 10.1. The Hall–Kier alpha value is -2.01. The van der Waals surface area contributed by atoms with Crippen LogP contribution in [0.2, 0.25) is 0 Å². The number of aryl methyl sites for hydroxylation is 1. The number of nitrogens with zero attached hydrogens (tertiary/aromatic N) is 3. The minimum absolute atomic E-state index is 0.000919. The van der Waals surface area contributed by atoms with Crippen LogP contribution in [0.1, 0.15) is 21.7 Å². The molecule has 0 amide bonds. The molecule has 6 nitrogen and oxygen atoms in total. The number of rotatable bonds is 6. The van der Waals surface area contributed by atoms with Crippen molar-refractivity contribution in [2.45, 2.75) is 33.1 Å². The second kappa shape index (κ2) is 7.31. The normalized spacial score (nSPS) is 12.1. The van der Waals surface area contributed by atoms with Gasteiger partial charge in [-0.3, -0.25) is 4.79 Å². The van der Waals surface area contributed by atoms with Crippen LogP contribution in [-0.4, -0.2) is 27.6 Å². The van der Waals surface area contributed by atoms with Crippen LogP contribution in [0.3, 0.4) is 0 Å². The molecule has 0 unspecified atom stereocenters. The third-order valence-corrected chi connectivity index (χ3v) is 4.12. The Bertz CT molecular complexity index is 732. The molecule has 2 rings (SSSR count). The van der Waals surface area contributed by atoms with Crippen molar-refractivity contribution in [1.82, 2.24) is 9.78 Å². The third kappa shape index (κ3) is 3.80. The second-order valence-corrected chi connectivity index (χ2v) is 5.97. The molecule has 0 radical (unpaired) electrons. The van der Waals surface area contributed by atoms with Crippen LogP contribution >= 0.6 is 11.3 Å². The number of aliphatic hydroxyl groups excluding tert-OH is 1. The zero-order valence-electron chi connectivity index (χ0n) is 12.4. The van der Waals surface area contributed by atoms with Gasteiger partial charge in [0, 0.05) is 4.88 Å². The molecule has 2 aromatic rings. The summed E-state index contributed by atoms with van der Waals surface area (Å²) in [5, 5.41) is 25.1. The van der Waals surface area contributed by atoms with E-state index in [4.69, 9.17) is 10.00 Å². The molecule has 0 fully saturated rings. The van der Waals surface area contributed by atoms with Crippen LogP contribution in [0, 0.1) is 25.2 Å². The molecule has 22 heavy (non-hydrogen) atoms.